The van der Waals surface area contributed by atoms with Gasteiger partial charge in [-0.1, -0.05) is 11.6 Å². The number of amides is 1. The van der Waals surface area contributed by atoms with E-state index in [1.165, 1.54) is 19.3 Å². The van der Waals surface area contributed by atoms with Gasteiger partial charge in [-0.15, -0.1) is 0 Å². The van der Waals surface area contributed by atoms with Crippen LogP contribution in [0.25, 0.3) is 0 Å². The second-order valence-electron chi connectivity index (χ2n) is 7.14. The number of hydrogen-bond donors (Lipinski definition) is 1. The first-order valence-corrected chi connectivity index (χ1v) is 8.84. The Morgan fingerprint density at radius 3 is 2.38 bits per heavy atom. The van der Waals surface area contributed by atoms with Crippen LogP contribution in [0.2, 0.25) is 5.15 Å². The second-order valence-corrected chi connectivity index (χ2v) is 8.42. The molecule has 4 bridgehead atoms. The number of pyridine rings is 1. The van der Waals surface area contributed by atoms with Crippen molar-refractivity contribution in [3.05, 3.63) is 27.5 Å². The molecule has 112 valence electrons. The van der Waals surface area contributed by atoms with E-state index in [2.05, 4.69) is 26.2 Å². The van der Waals surface area contributed by atoms with E-state index in [1.807, 2.05) is 0 Å². The molecule has 1 aromatic heterocycles. The molecule has 4 fully saturated rings. The molecule has 0 unspecified atom stereocenters. The Labute approximate surface area is 138 Å². The average Bonchev–Trinajstić information content (AvgIpc) is 2.39. The molecule has 4 aliphatic rings. The summed E-state index contributed by atoms with van der Waals surface area (Å²) < 4.78 is 0.780. The molecule has 0 aromatic carbocycles. The van der Waals surface area contributed by atoms with Crippen LogP contribution >= 0.6 is 27.5 Å². The summed E-state index contributed by atoms with van der Waals surface area (Å²) in [7, 11) is 0. The molecule has 4 saturated carbocycles. The van der Waals surface area contributed by atoms with Crippen molar-refractivity contribution in [3.8, 4) is 0 Å². The van der Waals surface area contributed by atoms with Gasteiger partial charge < -0.3 is 5.32 Å². The Balaban J connectivity index is 1.58. The number of rotatable bonds is 2. The van der Waals surface area contributed by atoms with Gasteiger partial charge in [0.05, 0.1) is 5.56 Å². The second kappa shape index (κ2) is 4.95. The lowest BCUT2D eigenvalue weighted by molar-refractivity contribution is -0.0167. The van der Waals surface area contributed by atoms with Gasteiger partial charge in [0.2, 0.25) is 0 Å². The molecule has 0 saturated heterocycles. The maximum Gasteiger partial charge on any atom is 0.254 e. The zero-order chi connectivity index (χ0) is 14.6. The van der Waals surface area contributed by atoms with Gasteiger partial charge >= 0.3 is 0 Å². The molecule has 1 N–H and O–H groups in total. The van der Waals surface area contributed by atoms with Crippen molar-refractivity contribution in [3.63, 3.8) is 0 Å². The predicted molar refractivity (Wildman–Crippen MR) is 85.3 cm³/mol. The van der Waals surface area contributed by atoms with Crippen LogP contribution in [0.3, 0.4) is 0 Å². The molecule has 0 spiro atoms. The number of hydrogen-bond acceptors (Lipinski definition) is 2. The van der Waals surface area contributed by atoms with Crippen molar-refractivity contribution in [2.45, 2.75) is 44.1 Å². The number of carbonyl (C=O) groups excluding carboxylic acids is 1. The fourth-order valence-electron chi connectivity index (χ4n) is 5.15. The van der Waals surface area contributed by atoms with Gasteiger partial charge in [0.15, 0.2) is 0 Å². The minimum Gasteiger partial charge on any atom is -0.346 e. The lowest BCUT2D eigenvalue weighted by Crippen LogP contribution is -2.59. The highest BCUT2D eigenvalue weighted by Gasteiger charge is 2.51. The molecule has 1 amide bonds. The van der Waals surface area contributed by atoms with E-state index in [0.717, 1.165) is 41.5 Å². The van der Waals surface area contributed by atoms with Crippen LogP contribution in [0, 0.1) is 17.8 Å². The van der Waals surface area contributed by atoms with Gasteiger partial charge in [-0.2, -0.15) is 0 Å². The highest BCUT2D eigenvalue weighted by Crippen LogP contribution is 2.55. The van der Waals surface area contributed by atoms with Gasteiger partial charge in [-0.3, -0.25) is 4.79 Å². The summed E-state index contributed by atoms with van der Waals surface area (Å²) >= 11 is 9.44. The summed E-state index contributed by atoms with van der Waals surface area (Å²) in [6.45, 7) is 0. The molecule has 4 aliphatic carbocycles. The summed E-state index contributed by atoms with van der Waals surface area (Å²) in [5.41, 5.74) is 0.485. The van der Waals surface area contributed by atoms with Crippen LogP contribution in [-0.4, -0.2) is 16.4 Å². The zero-order valence-electron chi connectivity index (χ0n) is 11.7. The maximum absolute atomic E-state index is 12.6. The van der Waals surface area contributed by atoms with E-state index in [-0.39, 0.29) is 16.6 Å². The zero-order valence-corrected chi connectivity index (χ0v) is 14.1. The Kier molecular flexibility index (Phi) is 3.30. The molecule has 5 rings (SSSR count). The van der Waals surface area contributed by atoms with Gasteiger partial charge in [-0.25, -0.2) is 4.98 Å². The Bertz CT molecular complexity index is 569. The molecule has 3 nitrogen and oxygen atoms in total. The number of halogens is 2. The summed E-state index contributed by atoms with van der Waals surface area (Å²) in [5, 5.41) is 3.60. The third kappa shape index (κ3) is 2.50. The maximum atomic E-state index is 12.6. The largest absolute Gasteiger partial charge is 0.346 e. The molecule has 0 aliphatic heterocycles. The van der Waals surface area contributed by atoms with Gasteiger partial charge in [0, 0.05) is 16.2 Å². The smallest absolute Gasteiger partial charge is 0.254 e. The molecular formula is C16H18BrClN2O. The van der Waals surface area contributed by atoms with Crippen LogP contribution in [0.5, 0.6) is 0 Å². The van der Waals surface area contributed by atoms with Gasteiger partial charge in [0.1, 0.15) is 5.15 Å². The van der Waals surface area contributed by atoms with Crippen LogP contribution in [0.1, 0.15) is 48.9 Å². The van der Waals surface area contributed by atoms with E-state index in [9.17, 15) is 4.79 Å². The van der Waals surface area contributed by atoms with Gasteiger partial charge in [-0.05, 0) is 78.3 Å². The molecule has 1 aromatic rings. The van der Waals surface area contributed by atoms with Gasteiger partial charge in [0.25, 0.3) is 5.91 Å². The normalized spacial score (nSPS) is 36.8. The van der Waals surface area contributed by atoms with Crippen LogP contribution < -0.4 is 5.32 Å². The predicted octanol–water partition coefficient (Wildman–Crippen LogP) is 4.20. The summed E-state index contributed by atoms with van der Waals surface area (Å²) in [6, 6.07) is 1.76. The Hall–Kier alpha value is -0.610. The van der Waals surface area contributed by atoms with Crippen molar-refractivity contribution < 1.29 is 4.79 Å². The van der Waals surface area contributed by atoms with E-state index in [4.69, 9.17) is 11.6 Å². The van der Waals surface area contributed by atoms with Crippen LogP contribution in [0.4, 0.5) is 0 Å². The highest BCUT2D eigenvalue weighted by atomic mass is 79.9. The minimum absolute atomic E-state index is 0.0114. The number of carbonyl (C=O) groups is 1. The monoisotopic (exact) mass is 368 g/mol. The first kappa shape index (κ1) is 14.0. The average molecular weight is 370 g/mol. The topological polar surface area (TPSA) is 42.0 Å². The highest BCUT2D eigenvalue weighted by molar-refractivity contribution is 9.10. The molecular weight excluding hydrogens is 352 g/mol. The standard InChI is InChI=1S/C16H18BrClN2O/c17-12-4-13(14(18)19-8-12)15(21)20-16-5-9-1-10(6-16)3-11(2-9)7-16/h4,8-11H,1-3,5-7H2,(H,20,21). The molecule has 1 heterocycles. The van der Waals surface area contributed by atoms with Crippen LogP contribution in [-0.2, 0) is 0 Å². The lowest BCUT2D eigenvalue weighted by Gasteiger charge is -2.56. The first-order chi connectivity index (χ1) is 10.0. The van der Waals surface area contributed by atoms with Crippen molar-refractivity contribution in [1.29, 1.82) is 0 Å². The SMILES string of the molecule is O=C(NC12CC3CC(CC(C3)C1)C2)c1cc(Br)cnc1Cl. The van der Waals surface area contributed by atoms with E-state index in [0.29, 0.717) is 5.56 Å². The summed E-state index contributed by atoms with van der Waals surface area (Å²) in [4.78, 5) is 16.7. The third-order valence-corrected chi connectivity index (χ3v) is 6.20. The van der Waals surface area contributed by atoms with E-state index in [1.54, 1.807) is 12.3 Å². The number of nitrogens with zero attached hydrogens (tertiary/aromatic N) is 1. The van der Waals surface area contributed by atoms with E-state index < -0.39 is 0 Å². The molecule has 5 heteroatoms. The Morgan fingerprint density at radius 2 is 1.81 bits per heavy atom. The van der Waals surface area contributed by atoms with Crippen molar-refractivity contribution in [1.82, 2.24) is 10.3 Å². The minimum atomic E-state index is -0.0734. The lowest BCUT2D eigenvalue weighted by atomic mass is 9.53. The van der Waals surface area contributed by atoms with Crippen molar-refractivity contribution in [2.24, 2.45) is 17.8 Å². The van der Waals surface area contributed by atoms with Crippen LogP contribution in [0.15, 0.2) is 16.7 Å². The number of aromatic nitrogens is 1. The quantitative estimate of drug-likeness (QED) is 0.794. The first-order valence-electron chi connectivity index (χ1n) is 7.66. The van der Waals surface area contributed by atoms with Crippen molar-refractivity contribution in [2.75, 3.05) is 0 Å². The third-order valence-electron chi connectivity index (χ3n) is 5.47. The summed E-state index contributed by atoms with van der Waals surface area (Å²) in [6.07, 6.45) is 9.15. The fraction of sp³-hybridized carbons (Fsp3) is 0.625. The molecule has 0 radical (unpaired) electrons. The fourth-order valence-corrected chi connectivity index (χ4v) is 5.67. The molecule has 0 atom stereocenters. The molecule has 21 heavy (non-hydrogen) atoms. The van der Waals surface area contributed by atoms with E-state index >= 15 is 0 Å². The summed E-state index contributed by atoms with van der Waals surface area (Å²) in [5.74, 6) is 2.36. The number of nitrogens with one attached hydrogen (secondary N) is 1. The van der Waals surface area contributed by atoms with Crippen molar-refractivity contribution >= 4 is 33.4 Å². The Morgan fingerprint density at radius 1 is 1.24 bits per heavy atom.